The summed E-state index contributed by atoms with van der Waals surface area (Å²) < 4.78 is 1.16. The summed E-state index contributed by atoms with van der Waals surface area (Å²) in [4.78, 5) is 8.08. The van der Waals surface area contributed by atoms with Crippen LogP contribution < -0.4 is 10.2 Å². The van der Waals surface area contributed by atoms with Gasteiger partial charge in [-0.15, -0.1) is 11.3 Å². The average Bonchev–Trinajstić information content (AvgIpc) is 2.82. The zero-order chi connectivity index (χ0) is 15.4. The predicted molar refractivity (Wildman–Crippen MR) is 95.1 cm³/mol. The summed E-state index contributed by atoms with van der Waals surface area (Å²) in [6, 6.07) is 4.82. The molecule has 0 radical (unpaired) electrons. The molecule has 0 aliphatic heterocycles. The van der Waals surface area contributed by atoms with Crippen molar-refractivity contribution in [1.29, 1.82) is 0 Å². The third-order valence-corrected chi connectivity index (χ3v) is 4.91. The van der Waals surface area contributed by atoms with Crippen molar-refractivity contribution in [2.45, 2.75) is 39.9 Å². The molecule has 3 nitrogen and oxygen atoms in total. The van der Waals surface area contributed by atoms with Crippen molar-refractivity contribution in [1.82, 2.24) is 10.3 Å². The molecule has 0 saturated heterocycles. The zero-order valence-corrected chi connectivity index (χ0v) is 15.4. The van der Waals surface area contributed by atoms with Gasteiger partial charge in [-0.2, -0.15) is 0 Å². The number of halogens is 1. The third kappa shape index (κ3) is 4.80. The fraction of sp³-hybridized carbons (Fsp3) is 0.438. The largest absolute Gasteiger partial charge is 0.369 e. The number of rotatable bonds is 6. The molecule has 2 aromatic rings. The van der Waals surface area contributed by atoms with Crippen molar-refractivity contribution in [3.8, 4) is 0 Å². The van der Waals surface area contributed by atoms with E-state index in [0.717, 1.165) is 23.3 Å². The number of thiophene rings is 1. The minimum absolute atomic E-state index is 0.470. The van der Waals surface area contributed by atoms with Crippen molar-refractivity contribution in [2.24, 2.45) is 0 Å². The quantitative estimate of drug-likeness (QED) is 0.822. The van der Waals surface area contributed by atoms with Gasteiger partial charge in [-0.25, -0.2) is 0 Å². The molecule has 0 aliphatic rings. The van der Waals surface area contributed by atoms with Gasteiger partial charge in [0.05, 0.1) is 6.54 Å². The van der Waals surface area contributed by atoms with Crippen LogP contribution in [0.15, 0.2) is 28.2 Å². The van der Waals surface area contributed by atoms with Crippen LogP contribution in [0, 0.1) is 6.92 Å². The first-order valence-corrected chi connectivity index (χ1v) is 8.76. The third-order valence-electron chi connectivity index (χ3n) is 3.23. The second-order valence-corrected chi connectivity index (χ2v) is 7.49. The average molecular weight is 368 g/mol. The van der Waals surface area contributed by atoms with Gasteiger partial charge in [-0.3, -0.25) is 4.98 Å². The van der Waals surface area contributed by atoms with Gasteiger partial charge in [0.2, 0.25) is 0 Å². The van der Waals surface area contributed by atoms with E-state index in [4.69, 9.17) is 0 Å². The molecule has 114 valence electrons. The normalized spacial score (nSPS) is 11.1. The summed E-state index contributed by atoms with van der Waals surface area (Å²) in [5.41, 5.74) is 3.55. The highest BCUT2D eigenvalue weighted by Gasteiger charge is 2.11. The molecule has 0 bridgehead atoms. The highest BCUT2D eigenvalue weighted by Crippen LogP contribution is 2.25. The summed E-state index contributed by atoms with van der Waals surface area (Å²) in [7, 11) is 2.14. The molecule has 2 aromatic heterocycles. The number of anilines is 1. The van der Waals surface area contributed by atoms with Crippen molar-refractivity contribution >= 4 is 33.0 Å². The van der Waals surface area contributed by atoms with E-state index in [9.17, 15) is 0 Å². The van der Waals surface area contributed by atoms with Crippen molar-refractivity contribution in [3.63, 3.8) is 0 Å². The Morgan fingerprint density at radius 3 is 2.76 bits per heavy atom. The highest BCUT2D eigenvalue weighted by atomic mass is 79.9. The predicted octanol–water partition coefficient (Wildman–Crippen LogP) is 4.35. The standard InChI is InChI=1S/C16H22BrN3S/c1-11(2)18-7-13-8-19-12(3)5-16(13)20(4)9-15-6-14(17)10-21-15/h5-6,8,10-11,18H,7,9H2,1-4H3. The fourth-order valence-corrected chi connectivity index (χ4v) is 3.64. The van der Waals surface area contributed by atoms with Gasteiger partial charge in [-0.1, -0.05) is 13.8 Å². The van der Waals surface area contributed by atoms with E-state index in [1.165, 1.54) is 16.1 Å². The van der Waals surface area contributed by atoms with Gasteiger partial charge in [0.1, 0.15) is 0 Å². The van der Waals surface area contributed by atoms with Crippen molar-refractivity contribution in [2.75, 3.05) is 11.9 Å². The maximum absolute atomic E-state index is 4.44. The molecule has 2 heterocycles. The molecule has 0 unspecified atom stereocenters. The molecule has 0 aromatic carbocycles. The minimum atomic E-state index is 0.470. The van der Waals surface area contributed by atoms with Crippen LogP contribution in [-0.4, -0.2) is 18.1 Å². The minimum Gasteiger partial charge on any atom is -0.369 e. The van der Waals surface area contributed by atoms with Gasteiger partial charge in [0, 0.05) is 57.5 Å². The van der Waals surface area contributed by atoms with Gasteiger partial charge in [0.25, 0.3) is 0 Å². The Morgan fingerprint density at radius 1 is 1.38 bits per heavy atom. The van der Waals surface area contributed by atoms with Crippen LogP contribution >= 0.6 is 27.3 Å². The Balaban J connectivity index is 2.17. The first-order valence-electron chi connectivity index (χ1n) is 7.08. The maximum atomic E-state index is 4.44. The molecule has 0 atom stereocenters. The van der Waals surface area contributed by atoms with E-state index in [-0.39, 0.29) is 0 Å². The summed E-state index contributed by atoms with van der Waals surface area (Å²) in [6.07, 6.45) is 1.99. The Bertz CT molecular complexity index is 595. The first-order chi connectivity index (χ1) is 9.95. The number of hydrogen-bond acceptors (Lipinski definition) is 4. The summed E-state index contributed by atoms with van der Waals surface area (Å²) in [5, 5.41) is 5.60. The van der Waals surface area contributed by atoms with Crippen LogP contribution in [0.5, 0.6) is 0 Å². The number of nitrogens with one attached hydrogen (secondary N) is 1. The van der Waals surface area contributed by atoms with Crippen LogP contribution in [-0.2, 0) is 13.1 Å². The molecule has 0 aliphatic carbocycles. The monoisotopic (exact) mass is 367 g/mol. The van der Waals surface area contributed by atoms with Crippen LogP contribution in [0.25, 0.3) is 0 Å². The van der Waals surface area contributed by atoms with E-state index in [1.807, 2.05) is 13.1 Å². The Morgan fingerprint density at radius 2 is 2.14 bits per heavy atom. The van der Waals surface area contributed by atoms with Crippen LogP contribution in [0.3, 0.4) is 0 Å². The molecule has 1 N–H and O–H groups in total. The van der Waals surface area contributed by atoms with Gasteiger partial charge in [0.15, 0.2) is 0 Å². The maximum Gasteiger partial charge on any atom is 0.0520 e. The van der Waals surface area contributed by atoms with Crippen LogP contribution in [0.1, 0.15) is 30.0 Å². The zero-order valence-electron chi connectivity index (χ0n) is 13.0. The fourth-order valence-electron chi connectivity index (χ4n) is 2.13. The lowest BCUT2D eigenvalue weighted by molar-refractivity contribution is 0.587. The number of pyridine rings is 1. The Labute approximate surface area is 139 Å². The van der Waals surface area contributed by atoms with E-state index in [0.29, 0.717) is 6.04 Å². The number of nitrogens with zero attached hydrogens (tertiary/aromatic N) is 2. The van der Waals surface area contributed by atoms with E-state index in [1.54, 1.807) is 11.3 Å². The number of aromatic nitrogens is 1. The van der Waals surface area contributed by atoms with Gasteiger partial charge >= 0.3 is 0 Å². The van der Waals surface area contributed by atoms with Crippen LogP contribution in [0.4, 0.5) is 5.69 Å². The molecule has 21 heavy (non-hydrogen) atoms. The van der Waals surface area contributed by atoms with Gasteiger partial charge in [-0.05, 0) is 35.0 Å². The van der Waals surface area contributed by atoms with E-state index in [2.05, 4.69) is 69.5 Å². The smallest absolute Gasteiger partial charge is 0.0520 e. The number of hydrogen-bond donors (Lipinski definition) is 1. The van der Waals surface area contributed by atoms with E-state index < -0.39 is 0 Å². The second kappa shape index (κ2) is 7.38. The topological polar surface area (TPSA) is 28.2 Å². The summed E-state index contributed by atoms with van der Waals surface area (Å²) >= 11 is 5.30. The Kier molecular flexibility index (Phi) is 5.79. The lowest BCUT2D eigenvalue weighted by Gasteiger charge is -2.23. The van der Waals surface area contributed by atoms with Crippen LogP contribution in [0.2, 0.25) is 0 Å². The van der Waals surface area contributed by atoms with E-state index >= 15 is 0 Å². The molecular formula is C16H22BrN3S. The van der Waals surface area contributed by atoms with Crippen molar-refractivity contribution in [3.05, 3.63) is 44.3 Å². The molecule has 0 fully saturated rings. The lowest BCUT2D eigenvalue weighted by atomic mass is 10.1. The van der Waals surface area contributed by atoms with Gasteiger partial charge < -0.3 is 10.2 Å². The molecule has 2 rings (SSSR count). The molecule has 0 spiro atoms. The first kappa shape index (κ1) is 16.5. The molecule has 0 amide bonds. The highest BCUT2D eigenvalue weighted by molar-refractivity contribution is 9.10. The summed E-state index contributed by atoms with van der Waals surface area (Å²) in [5.74, 6) is 0. The SMILES string of the molecule is Cc1cc(N(C)Cc2cc(Br)cs2)c(CNC(C)C)cn1. The number of aryl methyl sites for hydroxylation is 1. The molecular weight excluding hydrogens is 346 g/mol. The molecule has 5 heteroatoms. The summed E-state index contributed by atoms with van der Waals surface area (Å²) in [6.45, 7) is 8.12. The van der Waals surface area contributed by atoms with Crippen molar-refractivity contribution < 1.29 is 0 Å². The molecule has 0 saturated carbocycles. The second-order valence-electron chi connectivity index (χ2n) is 5.58. The Hall–Kier alpha value is -0.910. The lowest BCUT2D eigenvalue weighted by Crippen LogP contribution is -2.24.